The average Bonchev–Trinajstić information content (AvgIpc) is 2.77. The molecule has 100 valence electrons. The largest absolute Gasteiger partial charge is 0.451 e. The summed E-state index contributed by atoms with van der Waals surface area (Å²) in [6, 6.07) is 9.42. The molecule has 0 bridgehead atoms. The summed E-state index contributed by atoms with van der Waals surface area (Å²) in [6.07, 6.45) is 0. The van der Waals surface area contributed by atoms with Gasteiger partial charge in [-0.15, -0.1) is 0 Å². The minimum atomic E-state index is -0.248. The summed E-state index contributed by atoms with van der Waals surface area (Å²) < 4.78 is 5.58. The van der Waals surface area contributed by atoms with Crippen LogP contribution in [0.5, 0.6) is 0 Å². The Balaban J connectivity index is 1.79. The van der Waals surface area contributed by atoms with Crippen molar-refractivity contribution in [2.24, 2.45) is 11.7 Å². The van der Waals surface area contributed by atoms with Crippen molar-refractivity contribution in [2.45, 2.75) is 19.4 Å². The second-order valence-electron chi connectivity index (χ2n) is 5.70. The van der Waals surface area contributed by atoms with Crippen molar-refractivity contribution < 1.29 is 9.21 Å². The molecule has 1 saturated heterocycles. The average molecular weight is 258 g/mol. The summed E-state index contributed by atoms with van der Waals surface area (Å²) in [7, 11) is 0. The molecule has 2 N–H and O–H groups in total. The Bertz CT molecular complexity index is 591. The molecule has 4 nitrogen and oxygen atoms in total. The second-order valence-corrected chi connectivity index (χ2v) is 5.70. The third-order valence-corrected chi connectivity index (χ3v) is 4.04. The zero-order chi connectivity index (χ0) is 13.6. The monoisotopic (exact) mass is 258 g/mol. The highest BCUT2D eigenvalue weighted by Gasteiger charge is 2.44. The van der Waals surface area contributed by atoms with Crippen LogP contribution in [0.4, 0.5) is 0 Å². The summed E-state index contributed by atoms with van der Waals surface area (Å²) in [5, 5.41) is 0.953. The maximum atomic E-state index is 12.3. The number of para-hydroxylation sites is 1. The molecule has 0 unspecified atom stereocenters. The number of rotatable bonds is 2. The van der Waals surface area contributed by atoms with Gasteiger partial charge in [0.15, 0.2) is 5.76 Å². The lowest BCUT2D eigenvalue weighted by Gasteiger charge is -2.49. The fourth-order valence-corrected chi connectivity index (χ4v) is 2.42. The van der Waals surface area contributed by atoms with Gasteiger partial charge in [-0.1, -0.05) is 32.0 Å². The topological polar surface area (TPSA) is 59.5 Å². The van der Waals surface area contributed by atoms with Crippen molar-refractivity contribution in [1.29, 1.82) is 0 Å². The van der Waals surface area contributed by atoms with Gasteiger partial charge in [-0.3, -0.25) is 4.79 Å². The Morgan fingerprint density at radius 3 is 2.68 bits per heavy atom. The van der Waals surface area contributed by atoms with Gasteiger partial charge < -0.3 is 15.1 Å². The first-order valence-corrected chi connectivity index (χ1v) is 6.56. The SMILES string of the molecule is CC(C)C1(N)CN(C(=O)c2cc3ccccc3o2)C1. The number of nitrogens with two attached hydrogens (primary N) is 1. The fraction of sp³-hybridized carbons (Fsp3) is 0.400. The van der Waals surface area contributed by atoms with Gasteiger partial charge in [0.2, 0.25) is 0 Å². The zero-order valence-corrected chi connectivity index (χ0v) is 11.2. The number of benzene rings is 1. The molecule has 3 rings (SSSR count). The molecule has 2 heterocycles. The Labute approximate surface area is 112 Å². The highest BCUT2D eigenvalue weighted by molar-refractivity contribution is 5.96. The molecule has 1 aliphatic rings. The maximum Gasteiger partial charge on any atom is 0.289 e. The Hall–Kier alpha value is -1.81. The lowest BCUT2D eigenvalue weighted by Crippen LogP contribution is -2.71. The smallest absolute Gasteiger partial charge is 0.289 e. The number of nitrogens with zero attached hydrogens (tertiary/aromatic N) is 1. The van der Waals surface area contributed by atoms with Gasteiger partial charge >= 0.3 is 0 Å². The number of likely N-dealkylation sites (tertiary alicyclic amines) is 1. The molecule has 4 heteroatoms. The van der Waals surface area contributed by atoms with Crippen LogP contribution >= 0.6 is 0 Å². The van der Waals surface area contributed by atoms with Gasteiger partial charge in [-0.25, -0.2) is 0 Å². The van der Waals surface area contributed by atoms with Crippen LogP contribution in [0.2, 0.25) is 0 Å². The normalized spacial score (nSPS) is 17.8. The Morgan fingerprint density at radius 2 is 2.05 bits per heavy atom. The van der Waals surface area contributed by atoms with E-state index in [0.29, 0.717) is 24.8 Å². The molecule has 1 amide bonds. The summed E-state index contributed by atoms with van der Waals surface area (Å²) in [6.45, 7) is 5.37. The van der Waals surface area contributed by atoms with E-state index >= 15 is 0 Å². The highest BCUT2D eigenvalue weighted by Crippen LogP contribution is 2.29. The predicted molar refractivity (Wildman–Crippen MR) is 73.9 cm³/mol. The quantitative estimate of drug-likeness (QED) is 0.898. The van der Waals surface area contributed by atoms with Gasteiger partial charge in [0.25, 0.3) is 5.91 Å². The van der Waals surface area contributed by atoms with Crippen molar-refractivity contribution in [2.75, 3.05) is 13.1 Å². The van der Waals surface area contributed by atoms with Crippen molar-refractivity contribution in [1.82, 2.24) is 4.90 Å². The molecule has 19 heavy (non-hydrogen) atoms. The molecule has 0 spiro atoms. The molecule has 0 atom stereocenters. The van der Waals surface area contributed by atoms with E-state index in [2.05, 4.69) is 13.8 Å². The molecule has 0 aliphatic carbocycles. The van der Waals surface area contributed by atoms with Gasteiger partial charge in [0.1, 0.15) is 5.58 Å². The van der Waals surface area contributed by atoms with Crippen LogP contribution in [0, 0.1) is 5.92 Å². The molecule has 2 aromatic rings. The number of fused-ring (bicyclic) bond motifs is 1. The molecule has 0 saturated carbocycles. The van der Waals surface area contributed by atoms with Crippen molar-refractivity contribution in [3.05, 3.63) is 36.1 Å². The summed E-state index contributed by atoms with van der Waals surface area (Å²) in [4.78, 5) is 14.0. The van der Waals surface area contributed by atoms with E-state index in [1.807, 2.05) is 24.3 Å². The molecule has 1 aliphatic heterocycles. The molecular weight excluding hydrogens is 240 g/mol. The van der Waals surface area contributed by atoms with Gasteiger partial charge in [0.05, 0.1) is 5.54 Å². The van der Waals surface area contributed by atoms with Crippen molar-refractivity contribution in [3.63, 3.8) is 0 Å². The van der Waals surface area contributed by atoms with Gasteiger partial charge in [-0.05, 0) is 18.1 Å². The van der Waals surface area contributed by atoms with Crippen LogP contribution in [-0.4, -0.2) is 29.4 Å². The summed E-state index contributed by atoms with van der Waals surface area (Å²) in [5.41, 5.74) is 6.70. The van der Waals surface area contributed by atoms with Gasteiger partial charge in [-0.2, -0.15) is 0 Å². The zero-order valence-electron chi connectivity index (χ0n) is 11.2. The number of carbonyl (C=O) groups is 1. The second kappa shape index (κ2) is 4.10. The van der Waals surface area contributed by atoms with E-state index in [1.165, 1.54) is 0 Å². The fourth-order valence-electron chi connectivity index (χ4n) is 2.42. The lowest BCUT2D eigenvalue weighted by molar-refractivity contribution is 0.0250. The van der Waals surface area contributed by atoms with E-state index in [-0.39, 0.29) is 11.4 Å². The number of hydrogen-bond donors (Lipinski definition) is 1. The predicted octanol–water partition coefficient (Wildman–Crippen LogP) is 2.24. The van der Waals surface area contributed by atoms with Crippen LogP contribution in [0.3, 0.4) is 0 Å². The first-order valence-electron chi connectivity index (χ1n) is 6.56. The molecule has 1 aromatic heterocycles. The molecular formula is C15H18N2O2. The van der Waals surface area contributed by atoms with Crippen LogP contribution in [0.15, 0.2) is 34.7 Å². The van der Waals surface area contributed by atoms with Crippen molar-refractivity contribution in [3.8, 4) is 0 Å². The minimum absolute atomic E-state index is 0.0714. The number of amides is 1. The minimum Gasteiger partial charge on any atom is -0.451 e. The van der Waals surface area contributed by atoms with Crippen LogP contribution in [-0.2, 0) is 0 Å². The van der Waals surface area contributed by atoms with Crippen molar-refractivity contribution >= 4 is 16.9 Å². The van der Waals surface area contributed by atoms with Gasteiger partial charge in [0, 0.05) is 18.5 Å². The van der Waals surface area contributed by atoms with E-state index < -0.39 is 0 Å². The number of carbonyl (C=O) groups excluding carboxylic acids is 1. The first-order chi connectivity index (χ1) is 8.99. The molecule has 1 fully saturated rings. The number of furan rings is 1. The maximum absolute atomic E-state index is 12.3. The standard InChI is InChI=1S/C15H18N2O2/c1-10(2)15(16)8-17(9-15)14(18)13-7-11-5-3-4-6-12(11)19-13/h3-7,10H,8-9,16H2,1-2H3. The summed E-state index contributed by atoms with van der Waals surface area (Å²) >= 11 is 0. The summed E-state index contributed by atoms with van der Waals surface area (Å²) in [5.74, 6) is 0.692. The van der Waals surface area contributed by atoms with Crippen LogP contribution in [0.1, 0.15) is 24.4 Å². The van der Waals surface area contributed by atoms with Crippen LogP contribution in [0.25, 0.3) is 11.0 Å². The van der Waals surface area contributed by atoms with E-state index in [4.69, 9.17) is 10.2 Å². The first kappa shape index (κ1) is 12.2. The Kier molecular flexibility index (Phi) is 2.64. The van der Waals surface area contributed by atoms with E-state index in [1.54, 1.807) is 11.0 Å². The molecule has 0 radical (unpaired) electrons. The third kappa shape index (κ3) is 1.92. The lowest BCUT2D eigenvalue weighted by atomic mass is 9.80. The third-order valence-electron chi connectivity index (χ3n) is 4.04. The van der Waals surface area contributed by atoms with E-state index in [9.17, 15) is 4.79 Å². The highest BCUT2D eigenvalue weighted by atomic mass is 16.3. The van der Waals surface area contributed by atoms with E-state index in [0.717, 1.165) is 11.0 Å². The number of hydrogen-bond acceptors (Lipinski definition) is 3. The Morgan fingerprint density at radius 1 is 1.37 bits per heavy atom. The van der Waals surface area contributed by atoms with Crippen LogP contribution < -0.4 is 5.73 Å². The molecule has 1 aromatic carbocycles.